The Morgan fingerprint density at radius 3 is 2.71 bits per heavy atom. The minimum absolute atomic E-state index is 0.638. The maximum atomic E-state index is 6.28. The van der Waals surface area contributed by atoms with Gasteiger partial charge in [0.2, 0.25) is 0 Å². The standard InChI is InChI=1S/C14H15ClN2/c1-9-3-4-10(2)13(7-9)17-14(15)8-12(16-17)11-5-6-11/h3-4,7-8,11H,5-6H2,1-2H3. The molecule has 0 radical (unpaired) electrons. The third-order valence-corrected chi connectivity index (χ3v) is 3.54. The highest BCUT2D eigenvalue weighted by Crippen LogP contribution is 2.40. The molecule has 3 heteroatoms. The largest absolute Gasteiger partial charge is 0.222 e. The van der Waals surface area contributed by atoms with Crippen molar-refractivity contribution in [2.45, 2.75) is 32.6 Å². The van der Waals surface area contributed by atoms with E-state index in [0.717, 1.165) is 11.4 Å². The van der Waals surface area contributed by atoms with Gasteiger partial charge in [-0.2, -0.15) is 5.10 Å². The van der Waals surface area contributed by atoms with E-state index in [-0.39, 0.29) is 0 Å². The van der Waals surface area contributed by atoms with Gasteiger partial charge >= 0.3 is 0 Å². The highest BCUT2D eigenvalue weighted by atomic mass is 35.5. The van der Waals surface area contributed by atoms with Gasteiger partial charge in [-0.05, 0) is 49.9 Å². The molecule has 3 rings (SSSR count). The summed E-state index contributed by atoms with van der Waals surface area (Å²) < 4.78 is 1.86. The van der Waals surface area contributed by atoms with Crippen LogP contribution in [0, 0.1) is 13.8 Å². The summed E-state index contributed by atoms with van der Waals surface area (Å²) in [6, 6.07) is 8.35. The van der Waals surface area contributed by atoms with Crippen LogP contribution >= 0.6 is 11.6 Å². The molecule has 1 aromatic carbocycles. The normalized spacial score (nSPS) is 15.2. The van der Waals surface area contributed by atoms with Crippen molar-refractivity contribution in [3.8, 4) is 5.69 Å². The fourth-order valence-electron chi connectivity index (χ4n) is 2.07. The predicted molar refractivity (Wildman–Crippen MR) is 70.0 cm³/mol. The van der Waals surface area contributed by atoms with Gasteiger partial charge in [0.05, 0.1) is 11.4 Å². The molecule has 2 nitrogen and oxygen atoms in total. The highest BCUT2D eigenvalue weighted by molar-refractivity contribution is 6.29. The average Bonchev–Trinajstić information content (AvgIpc) is 3.07. The number of hydrogen-bond acceptors (Lipinski definition) is 1. The quantitative estimate of drug-likeness (QED) is 0.783. The summed E-state index contributed by atoms with van der Waals surface area (Å²) in [6.07, 6.45) is 2.50. The van der Waals surface area contributed by atoms with Crippen LogP contribution in [0.4, 0.5) is 0 Å². The van der Waals surface area contributed by atoms with Crippen molar-refractivity contribution < 1.29 is 0 Å². The van der Waals surface area contributed by atoms with Gasteiger partial charge in [-0.3, -0.25) is 0 Å². The van der Waals surface area contributed by atoms with E-state index >= 15 is 0 Å². The molecule has 1 fully saturated rings. The van der Waals surface area contributed by atoms with E-state index < -0.39 is 0 Å². The van der Waals surface area contributed by atoms with E-state index in [1.807, 2.05) is 10.7 Å². The van der Waals surface area contributed by atoms with E-state index in [0.29, 0.717) is 11.1 Å². The molecule has 0 bridgehead atoms. The minimum atomic E-state index is 0.638. The lowest BCUT2D eigenvalue weighted by Crippen LogP contribution is -2.00. The van der Waals surface area contributed by atoms with E-state index in [2.05, 4.69) is 37.1 Å². The number of aromatic nitrogens is 2. The highest BCUT2D eigenvalue weighted by Gasteiger charge is 2.27. The molecule has 0 spiro atoms. The molecular weight excluding hydrogens is 232 g/mol. The Morgan fingerprint density at radius 2 is 2.00 bits per heavy atom. The van der Waals surface area contributed by atoms with Gasteiger partial charge in [0.1, 0.15) is 5.15 Å². The van der Waals surface area contributed by atoms with Crippen molar-refractivity contribution in [3.63, 3.8) is 0 Å². The van der Waals surface area contributed by atoms with E-state index in [9.17, 15) is 0 Å². The zero-order valence-electron chi connectivity index (χ0n) is 10.1. The van der Waals surface area contributed by atoms with Crippen LogP contribution in [-0.2, 0) is 0 Å². The maximum Gasteiger partial charge on any atom is 0.133 e. The van der Waals surface area contributed by atoms with Crippen LogP contribution in [0.3, 0.4) is 0 Å². The first-order valence-electron chi connectivity index (χ1n) is 5.98. The van der Waals surface area contributed by atoms with Gasteiger partial charge in [-0.15, -0.1) is 0 Å². The molecule has 1 aliphatic carbocycles. The van der Waals surface area contributed by atoms with Crippen molar-refractivity contribution in [2.75, 3.05) is 0 Å². The molecule has 2 aromatic rings. The fraction of sp³-hybridized carbons (Fsp3) is 0.357. The number of rotatable bonds is 2. The molecule has 1 heterocycles. The zero-order valence-corrected chi connectivity index (χ0v) is 10.8. The molecule has 1 aromatic heterocycles. The molecular formula is C14H15ClN2. The summed E-state index contributed by atoms with van der Waals surface area (Å²) in [5.74, 6) is 0.638. The van der Waals surface area contributed by atoms with Gasteiger partial charge < -0.3 is 0 Å². The number of halogens is 1. The predicted octanol–water partition coefficient (Wildman–Crippen LogP) is 4.02. The summed E-state index contributed by atoms with van der Waals surface area (Å²) in [6.45, 7) is 4.17. The third kappa shape index (κ3) is 1.98. The van der Waals surface area contributed by atoms with Crippen LogP contribution in [-0.4, -0.2) is 9.78 Å². The zero-order chi connectivity index (χ0) is 12.0. The second-order valence-electron chi connectivity index (χ2n) is 4.87. The first kappa shape index (κ1) is 10.8. The molecule has 0 atom stereocenters. The van der Waals surface area contributed by atoms with E-state index in [1.165, 1.54) is 24.0 Å². The SMILES string of the molecule is Cc1ccc(C)c(-n2nc(C3CC3)cc2Cl)c1. The van der Waals surface area contributed by atoms with Crippen molar-refractivity contribution in [3.05, 3.63) is 46.2 Å². The van der Waals surface area contributed by atoms with E-state index in [4.69, 9.17) is 11.6 Å². The van der Waals surface area contributed by atoms with Gasteiger partial charge in [0.25, 0.3) is 0 Å². The number of aryl methyl sites for hydroxylation is 2. The van der Waals surface area contributed by atoms with E-state index in [1.54, 1.807) is 0 Å². The van der Waals surface area contributed by atoms with Crippen molar-refractivity contribution in [1.82, 2.24) is 9.78 Å². The van der Waals surface area contributed by atoms with Crippen LogP contribution in [0.2, 0.25) is 5.15 Å². The van der Waals surface area contributed by atoms with Crippen LogP contribution < -0.4 is 0 Å². The number of hydrogen-bond donors (Lipinski definition) is 0. The topological polar surface area (TPSA) is 17.8 Å². The lowest BCUT2D eigenvalue weighted by Gasteiger charge is -2.08. The molecule has 1 saturated carbocycles. The Kier molecular flexibility index (Phi) is 2.48. The molecule has 17 heavy (non-hydrogen) atoms. The Bertz CT molecular complexity index is 568. The average molecular weight is 247 g/mol. The van der Waals surface area contributed by atoms with Crippen LogP contribution in [0.15, 0.2) is 24.3 Å². The summed E-state index contributed by atoms with van der Waals surface area (Å²) in [4.78, 5) is 0. The van der Waals surface area contributed by atoms with Crippen molar-refractivity contribution in [2.24, 2.45) is 0 Å². The Hall–Kier alpha value is -1.28. The summed E-state index contributed by atoms with van der Waals surface area (Å²) >= 11 is 6.28. The summed E-state index contributed by atoms with van der Waals surface area (Å²) in [5.41, 5.74) is 4.64. The lowest BCUT2D eigenvalue weighted by atomic mass is 10.1. The molecule has 0 N–H and O–H groups in total. The Morgan fingerprint density at radius 1 is 1.24 bits per heavy atom. The second kappa shape index (κ2) is 3.88. The van der Waals surface area contributed by atoms with Crippen LogP contribution in [0.25, 0.3) is 5.69 Å². The maximum absolute atomic E-state index is 6.28. The minimum Gasteiger partial charge on any atom is -0.222 e. The van der Waals surface area contributed by atoms with Gasteiger partial charge in [-0.1, -0.05) is 23.7 Å². The van der Waals surface area contributed by atoms with Gasteiger partial charge in [0, 0.05) is 5.92 Å². The van der Waals surface area contributed by atoms with Crippen LogP contribution in [0.1, 0.15) is 35.6 Å². The molecule has 1 aliphatic rings. The monoisotopic (exact) mass is 246 g/mol. The molecule has 0 saturated heterocycles. The number of nitrogens with zero attached hydrogens (tertiary/aromatic N) is 2. The fourth-order valence-corrected chi connectivity index (χ4v) is 2.31. The third-order valence-electron chi connectivity index (χ3n) is 3.27. The van der Waals surface area contributed by atoms with Crippen molar-refractivity contribution >= 4 is 11.6 Å². The lowest BCUT2D eigenvalue weighted by molar-refractivity contribution is 0.831. The first-order valence-corrected chi connectivity index (χ1v) is 6.36. The van der Waals surface area contributed by atoms with Crippen molar-refractivity contribution in [1.29, 1.82) is 0 Å². The summed E-state index contributed by atoms with van der Waals surface area (Å²) in [5, 5.41) is 5.34. The first-order chi connectivity index (χ1) is 8.15. The summed E-state index contributed by atoms with van der Waals surface area (Å²) in [7, 11) is 0. The smallest absolute Gasteiger partial charge is 0.133 e. The molecule has 0 amide bonds. The number of benzene rings is 1. The molecule has 0 unspecified atom stereocenters. The Labute approximate surface area is 106 Å². The molecule has 88 valence electrons. The Balaban J connectivity index is 2.10. The van der Waals surface area contributed by atoms with Gasteiger partial charge in [-0.25, -0.2) is 4.68 Å². The molecule has 0 aliphatic heterocycles. The van der Waals surface area contributed by atoms with Gasteiger partial charge in [0.15, 0.2) is 0 Å². The second-order valence-corrected chi connectivity index (χ2v) is 5.26. The van der Waals surface area contributed by atoms with Crippen LogP contribution in [0.5, 0.6) is 0 Å².